The zero-order valence-corrected chi connectivity index (χ0v) is 19.2. The number of hydrogen-bond acceptors (Lipinski definition) is 5. The average molecular weight is 446 g/mol. The van der Waals surface area contributed by atoms with E-state index in [0.717, 1.165) is 42.6 Å². The molecule has 0 saturated carbocycles. The number of carboxylic acid groups (broad SMARTS) is 1. The zero-order valence-electron chi connectivity index (χ0n) is 18.3. The van der Waals surface area contributed by atoms with E-state index >= 15 is 0 Å². The van der Waals surface area contributed by atoms with Gasteiger partial charge in [-0.3, -0.25) is 4.79 Å². The van der Waals surface area contributed by atoms with Gasteiger partial charge in [0.15, 0.2) is 0 Å². The molecule has 2 aromatic carbocycles. The van der Waals surface area contributed by atoms with Crippen LogP contribution in [0.1, 0.15) is 47.7 Å². The third-order valence-electron chi connectivity index (χ3n) is 4.92. The summed E-state index contributed by atoms with van der Waals surface area (Å²) in [5.41, 5.74) is 2.36. The summed E-state index contributed by atoms with van der Waals surface area (Å²) in [5, 5.41) is 12.3. The first-order valence-electron chi connectivity index (χ1n) is 10.4. The largest absolute Gasteiger partial charge is 0.497 e. The monoisotopic (exact) mass is 445 g/mol. The molecule has 0 spiro atoms. The Balaban J connectivity index is 2.05. The highest BCUT2D eigenvalue weighted by Gasteiger charge is 2.24. The summed E-state index contributed by atoms with van der Waals surface area (Å²) in [4.78, 5) is 24.8. The summed E-state index contributed by atoms with van der Waals surface area (Å²) in [7, 11) is 3.13. The second-order valence-corrected chi connectivity index (χ2v) is 8.21. The second-order valence-electron chi connectivity index (χ2n) is 7.18. The molecule has 0 aliphatic rings. The first-order valence-corrected chi connectivity index (χ1v) is 11.6. The lowest BCUT2D eigenvalue weighted by atomic mass is 9.99. The maximum atomic E-state index is 13.0. The number of rotatable bonds is 13. The summed E-state index contributed by atoms with van der Waals surface area (Å²) < 4.78 is 10.5. The number of methoxy groups -OCH3 is 2. The van der Waals surface area contributed by atoms with Gasteiger partial charge in [0, 0.05) is 11.5 Å². The van der Waals surface area contributed by atoms with Gasteiger partial charge in [-0.1, -0.05) is 44.0 Å². The van der Waals surface area contributed by atoms with Crippen molar-refractivity contribution < 1.29 is 24.2 Å². The number of unbranched alkanes of at least 4 members (excludes halogenated alkanes) is 2. The third-order valence-corrected chi connectivity index (χ3v) is 6.03. The second kappa shape index (κ2) is 12.9. The molecule has 0 unspecified atom stereocenters. The van der Waals surface area contributed by atoms with Crippen LogP contribution >= 0.6 is 11.8 Å². The lowest BCUT2D eigenvalue weighted by molar-refractivity contribution is -0.138. The molecule has 0 aromatic heterocycles. The lowest BCUT2D eigenvalue weighted by Crippen LogP contribution is -2.43. The molecule has 168 valence electrons. The van der Waals surface area contributed by atoms with Crippen LogP contribution in [0.15, 0.2) is 42.5 Å². The molecule has 0 aliphatic heterocycles. The Morgan fingerprint density at radius 1 is 1.06 bits per heavy atom. The minimum absolute atomic E-state index is 0.257. The van der Waals surface area contributed by atoms with Crippen LogP contribution in [-0.4, -0.2) is 43.0 Å². The Morgan fingerprint density at radius 3 is 2.42 bits per heavy atom. The van der Waals surface area contributed by atoms with Gasteiger partial charge in [-0.05, 0) is 42.2 Å². The minimum atomic E-state index is -1.06. The van der Waals surface area contributed by atoms with Crippen molar-refractivity contribution in [2.75, 3.05) is 20.0 Å². The van der Waals surface area contributed by atoms with E-state index in [9.17, 15) is 14.7 Å². The van der Waals surface area contributed by atoms with E-state index in [0.29, 0.717) is 17.1 Å². The van der Waals surface area contributed by atoms with E-state index in [-0.39, 0.29) is 5.75 Å². The Labute approximate surface area is 188 Å². The predicted octanol–water partition coefficient (Wildman–Crippen LogP) is 4.55. The topological polar surface area (TPSA) is 84.9 Å². The van der Waals surface area contributed by atoms with Gasteiger partial charge >= 0.3 is 5.97 Å². The minimum Gasteiger partial charge on any atom is -0.497 e. The molecular formula is C24H31NO5S. The van der Waals surface area contributed by atoms with Crippen LogP contribution in [0.2, 0.25) is 0 Å². The number of ether oxygens (including phenoxy) is 2. The molecule has 0 aliphatic carbocycles. The first kappa shape index (κ1) is 24.6. The molecule has 7 heteroatoms. The summed E-state index contributed by atoms with van der Waals surface area (Å²) in [6.45, 7) is 2.13. The van der Waals surface area contributed by atoms with Crippen LogP contribution in [0, 0.1) is 0 Å². The fraction of sp³-hybridized carbons (Fsp3) is 0.417. The van der Waals surface area contributed by atoms with Crippen LogP contribution in [0.3, 0.4) is 0 Å². The van der Waals surface area contributed by atoms with E-state index in [2.05, 4.69) is 12.2 Å². The average Bonchev–Trinajstić information content (AvgIpc) is 2.78. The SMILES string of the molecule is CCCCCc1cccc(OC)c1C(=O)N[C@H](CSCc1ccc(OC)cc1)C(=O)O. The molecule has 0 bridgehead atoms. The van der Waals surface area contributed by atoms with E-state index in [1.165, 1.54) is 18.9 Å². The number of carboxylic acids is 1. The van der Waals surface area contributed by atoms with E-state index in [4.69, 9.17) is 9.47 Å². The molecule has 2 aromatic rings. The molecule has 31 heavy (non-hydrogen) atoms. The molecule has 0 heterocycles. The normalized spacial score (nSPS) is 11.6. The maximum absolute atomic E-state index is 13.0. The highest BCUT2D eigenvalue weighted by Crippen LogP contribution is 2.24. The summed E-state index contributed by atoms with van der Waals surface area (Å²) in [6, 6.07) is 12.1. The van der Waals surface area contributed by atoms with Gasteiger partial charge in [0.1, 0.15) is 17.5 Å². The van der Waals surface area contributed by atoms with Crippen LogP contribution in [-0.2, 0) is 17.0 Å². The van der Waals surface area contributed by atoms with Crippen LogP contribution in [0.5, 0.6) is 11.5 Å². The molecule has 1 atom stereocenters. The molecule has 0 radical (unpaired) electrons. The molecule has 2 rings (SSSR count). The van der Waals surface area contributed by atoms with Crippen molar-refractivity contribution in [1.82, 2.24) is 5.32 Å². The summed E-state index contributed by atoms with van der Waals surface area (Å²) in [6.07, 6.45) is 3.86. The van der Waals surface area contributed by atoms with Gasteiger partial charge in [0.25, 0.3) is 5.91 Å². The Hall–Kier alpha value is -2.67. The number of aliphatic carboxylic acids is 1. The fourth-order valence-corrected chi connectivity index (χ4v) is 4.21. The number of aryl methyl sites for hydroxylation is 1. The smallest absolute Gasteiger partial charge is 0.327 e. The highest BCUT2D eigenvalue weighted by atomic mass is 32.2. The van der Waals surface area contributed by atoms with Gasteiger partial charge in [0.2, 0.25) is 0 Å². The number of thioether (sulfide) groups is 1. The van der Waals surface area contributed by atoms with Gasteiger partial charge in [-0.2, -0.15) is 11.8 Å². The van der Waals surface area contributed by atoms with Crippen LogP contribution in [0.25, 0.3) is 0 Å². The summed E-state index contributed by atoms with van der Waals surface area (Å²) >= 11 is 1.46. The van der Waals surface area contributed by atoms with Crippen molar-refractivity contribution in [2.24, 2.45) is 0 Å². The number of carbonyl (C=O) groups is 2. The Kier molecular flexibility index (Phi) is 10.2. The van der Waals surface area contributed by atoms with Gasteiger partial charge in [-0.25, -0.2) is 4.79 Å². The number of carbonyl (C=O) groups excluding carboxylic acids is 1. The Morgan fingerprint density at radius 2 is 1.81 bits per heavy atom. The van der Waals surface area contributed by atoms with Crippen LogP contribution < -0.4 is 14.8 Å². The third kappa shape index (κ3) is 7.51. The van der Waals surface area contributed by atoms with Gasteiger partial charge < -0.3 is 19.9 Å². The van der Waals surface area contributed by atoms with Crippen molar-refractivity contribution in [3.05, 3.63) is 59.2 Å². The standard InChI is InChI=1S/C24H31NO5S/c1-4-5-6-8-18-9-7-10-21(30-3)22(18)23(26)25-20(24(27)28)16-31-15-17-11-13-19(29-2)14-12-17/h7,9-14,20H,4-6,8,15-16H2,1-3H3,(H,25,26)(H,27,28)/t20-/m1/s1. The van der Waals surface area contributed by atoms with Crippen molar-refractivity contribution in [2.45, 2.75) is 44.4 Å². The fourth-order valence-electron chi connectivity index (χ4n) is 3.20. The van der Waals surface area contributed by atoms with Gasteiger partial charge in [-0.15, -0.1) is 0 Å². The molecule has 0 saturated heterocycles. The molecule has 6 nitrogen and oxygen atoms in total. The van der Waals surface area contributed by atoms with Gasteiger partial charge in [0.05, 0.1) is 19.8 Å². The van der Waals surface area contributed by atoms with E-state index < -0.39 is 17.9 Å². The number of benzene rings is 2. The zero-order chi connectivity index (χ0) is 22.6. The molecule has 1 amide bonds. The highest BCUT2D eigenvalue weighted by molar-refractivity contribution is 7.98. The van der Waals surface area contributed by atoms with E-state index in [1.807, 2.05) is 36.4 Å². The first-order chi connectivity index (χ1) is 15.0. The number of hydrogen-bond donors (Lipinski definition) is 2. The lowest BCUT2D eigenvalue weighted by Gasteiger charge is -2.18. The predicted molar refractivity (Wildman–Crippen MR) is 124 cm³/mol. The molecule has 2 N–H and O–H groups in total. The quantitative estimate of drug-likeness (QED) is 0.440. The van der Waals surface area contributed by atoms with Crippen molar-refractivity contribution in [3.8, 4) is 11.5 Å². The van der Waals surface area contributed by atoms with Crippen molar-refractivity contribution >= 4 is 23.6 Å². The maximum Gasteiger partial charge on any atom is 0.327 e. The van der Waals surface area contributed by atoms with Crippen molar-refractivity contribution in [1.29, 1.82) is 0 Å². The van der Waals surface area contributed by atoms with E-state index in [1.54, 1.807) is 13.2 Å². The van der Waals surface area contributed by atoms with Crippen LogP contribution in [0.4, 0.5) is 0 Å². The van der Waals surface area contributed by atoms with Crippen molar-refractivity contribution in [3.63, 3.8) is 0 Å². The Bertz CT molecular complexity index is 854. The summed E-state index contributed by atoms with van der Waals surface area (Å²) in [5.74, 6) is 0.658. The molecule has 0 fully saturated rings. The number of nitrogens with one attached hydrogen (secondary N) is 1. The molecular weight excluding hydrogens is 414 g/mol. The number of amides is 1.